The lowest BCUT2D eigenvalue weighted by molar-refractivity contribution is -0.385. The Kier molecular flexibility index (Phi) is 5.89. The van der Waals surface area contributed by atoms with Crippen molar-refractivity contribution in [3.63, 3.8) is 0 Å². The Hall–Kier alpha value is -2.44. The number of amides is 2. The first-order valence-corrected chi connectivity index (χ1v) is 8.19. The minimum atomic E-state index is -0.474. The number of para-hydroxylation sites is 1. The summed E-state index contributed by atoms with van der Waals surface area (Å²) in [6.45, 7) is 5.02. The van der Waals surface area contributed by atoms with Crippen molar-refractivity contribution in [1.82, 2.24) is 10.2 Å². The fourth-order valence-electron chi connectivity index (χ4n) is 2.90. The van der Waals surface area contributed by atoms with Crippen LogP contribution in [-0.4, -0.2) is 40.8 Å². The number of carbonyl (C=O) groups is 2. The first-order valence-electron chi connectivity index (χ1n) is 8.19. The lowest BCUT2D eigenvalue weighted by atomic mass is 10.0. The summed E-state index contributed by atoms with van der Waals surface area (Å²) in [6, 6.07) is 6.28. The average Bonchev–Trinajstić information content (AvgIpc) is 2.55. The Morgan fingerprint density at radius 1 is 1.29 bits per heavy atom. The average molecular weight is 333 g/mol. The molecule has 0 atom stereocenters. The van der Waals surface area contributed by atoms with E-state index in [0.29, 0.717) is 31.5 Å². The van der Waals surface area contributed by atoms with Gasteiger partial charge in [0.1, 0.15) is 0 Å². The van der Waals surface area contributed by atoms with Crippen LogP contribution < -0.4 is 5.32 Å². The molecule has 7 heteroatoms. The van der Waals surface area contributed by atoms with Gasteiger partial charge >= 0.3 is 0 Å². The summed E-state index contributed by atoms with van der Waals surface area (Å²) in [5, 5.41) is 13.9. The summed E-state index contributed by atoms with van der Waals surface area (Å²) in [5.74, 6) is -0.104. The zero-order valence-electron chi connectivity index (χ0n) is 14.0. The topological polar surface area (TPSA) is 92.6 Å². The predicted octanol–water partition coefficient (Wildman–Crippen LogP) is 1.90. The molecule has 0 aliphatic carbocycles. The Balaban J connectivity index is 1.86. The normalized spacial score (nSPS) is 15.4. The third-order valence-electron chi connectivity index (χ3n) is 4.20. The van der Waals surface area contributed by atoms with Gasteiger partial charge in [-0.05, 0) is 12.8 Å². The molecule has 130 valence electrons. The van der Waals surface area contributed by atoms with Gasteiger partial charge in [-0.3, -0.25) is 19.7 Å². The molecule has 1 heterocycles. The summed E-state index contributed by atoms with van der Waals surface area (Å²) < 4.78 is 0. The third-order valence-corrected chi connectivity index (χ3v) is 4.20. The van der Waals surface area contributed by atoms with Crippen LogP contribution in [-0.2, 0) is 16.0 Å². The molecule has 0 aromatic heterocycles. The molecule has 0 radical (unpaired) electrons. The van der Waals surface area contributed by atoms with Crippen molar-refractivity contribution in [3.8, 4) is 0 Å². The van der Waals surface area contributed by atoms with Gasteiger partial charge in [0.15, 0.2) is 0 Å². The smallest absolute Gasteiger partial charge is 0.273 e. The molecule has 1 N–H and O–H groups in total. The molecule has 24 heavy (non-hydrogen) atoms. The molecule has 1 fully saturated rings. The number of benzene rings is 1. The van der Waals surface area contributed by atoms with Crippen molar-refractivity contribution in [2.24, 2.45) is 5.92 Å². The SMILES string of the molecule is CC(C)C(=O)N1CCC(NC(=O)Cc2ccccc2[N+](=O)[O-])CC1. The van der Waals surface area contributed by atoms with Crippen LogP contribution in [0.25, 0.3) is 0 Å². The van der Waals surface area contributed by atoms with Crippen molar-refractivity contribution in [3.05, 3.63) is 39.9 Å². The molecule has 0 unspecified atom stereocenters. The molecule has 0 bridgehead atoms. The number of rotatable bonds is 5. The number of piperidine rings is 1. The molecule has 1 aromatic carbocycles. The van der Waals surface area contributed by atoms with Crippen LogP contribution >= 0.6 is 0 Å². The molecule has 1 saturated heterocycles. The summed E-state index contributed by atoms with van der Waals surface area (Å²) in [4.78, 5) is 36.4. The molecule has 1 aliphatic rings. The number of nitro groups is 1. The number of nitro benzene ring substituents is 1. The quantitative estimate of drug-likeness (QED) is 0.658. The molecular weight excluding hydrogens is 310 g/mol. The van der Waals surface area contributed by atoms with E-state index in [4.69, 9.17) is 0 Å². The highest BCUT2D eigenvalue weighted by Crippen LogP contribution is 2.19. The minimum Gasteiger partial charge on any atom is -0.353 e. The van der Waals surface area contributed by atoms with Crippen molar-refractivity contribution < 1.29 is 14.5 Å². The molecule has 0 spiro atoms. The van der Waals surface area contributed by atoms with Gasteiger partial charge in [-0.15, -0.1) is 0 Å². The number of likely N-dealkylation sites (tertiary alicyclic amines) is 1. The number of hydrogen-bond donors (Lipinski definition) is 1. The van der Waals surface area contributed by atoms with Gasteiger partial charge in [0.25, 0.3) is 5.69 Å². The number of nitrogens with zero attached hydrogens (tertiary/aromatic N) is 2. The van der Waals surface area contributed by atoms with E-state index < -0.39 is 4.92 Å². The van der Waals surface area contributed by atoms with Gasteiger partial charge in [-0.2, -0.15) is 0 Å². The molecule has 1 aromatic rings. The van der Waals surface area contributed by atoms with Crippen LogP contribution in [0.5, 0.6) is 0 Å². The maximum Gasteiger partial charge on any atom is 0.273 e. The molecule has 0 saturated carbocycles. The van der Waals surface area contributed by atoms with Crippen LogP contribution in [0.1, 0.15) is 32.3 Å². The molecule has 7 nitrogen and oxygen atoms in total. The molecule has 1 aliphatic heterocycles. The van der Waals surface area contributed by atoms with E-state index in [0.717, 1.165) is 0 Å². The van der Waals surface area contributed by atoms with E-state index in [-0.39, 0.29) is 35.9 Å². The van der Waals surface area contributed by atoms with Crippen LogP contribution in [0.4, 0.5) is 5.69 Å². The highest BCUT2D eigenvalue weighted by molar-refractivity contribution is 5.80. The van der Waals surface area contributed by atoms with Crippen LogP contribution in [0.2, 0.25) is 0 Å². The van der Waals surface area contributed by atoms with Crippen molar-refractivity contribution in [1.29, 1.82) is 0 Å². The predicted molar refractivity (Wildman–Crippen MR) is 89.4 cm³/mol. The monoisotopic (exact) mass is 333 g/mol. The first kappa shape index (κ1) is 17.9. The standard InChI is InChI=1S/C17H23N3O4/c1-12(2)17(22)19-9-7-14(8-10-19)18-16(21)11-13-5-3-4-6-15(13)20(23)24/h3-6,12,14H,7-11H2,1-2H3,(H,18,21). The second kappa shape index (κ2) is 7.90. The highest BCUT2D eigenvalue weighted by atomic mass is 16.6. The largest absolute Gasteiger partial charge is 0.353 e. The molecule has 2 rings (SSSR count). The fraction of sp³-hybridized carbons (Fsp3) is 0.529. The van der Waals surface area contributed by atoms with E-state index in [1.54, 1.807) is 18.2 Å². The summed E-state index contributed by atoms with van der Waals surface area (Å²) >= 11 is 0. The number of carbonyl (C=O) groups excluding carboxylic acids is 2. The van der Waals surface area contributed by atoms with Crippen molar-refractivity contribution in [2.75, 3.05) is 13.1 Å². The third kappa shape index (κ3) is 4.53. The van der Waals surface area contributed by atoms with E-state index in [1.165, 1.54) is 6.07 Å². The number of nitrogens with one attached hydrogen (secondary N) is 1. The van der Waals surface area contributed by atoms with Gasteiger partial charge in [-0.1, -0.05) is 32.0 Å². The Morgan fingerprint density at radius 3 is 2.50 bits per heavy atom. The van der Waals surface area contributed by atoms with Gasteiger partial charge < -0.3 is 10.2 Å². The van der Waals surface area contributed by atoms with Gasteiger partial charge in [0, 0.05) is 36.7 Å². The van der Waals surface area contributed by atoms with E-state index >= 15 is 0 Å². The lowest BCUT2D eigenvalue weighted by Gasteiger charge is -2.33. The van der Waals surface area contributed by atoms with Gasteiger partial charge in [0.05, 0.1) is 11.3 Å². The van der Waals surface area contributed by atoms with E-state index in [2.05, 4.69) is 5.32 Å². The van der Waals surface area contributed by atoms with Crippen LogP contribution in [0.15, 0.2) is 24.3 Å². The van der Waals surface area contributed by atoms with Crippen molar-refractivity contribution in [2.45, 2.75) is 39.2 Å². The zero-order valence-corrected chi connectivity index (χ0v) is 14.0. The lowest BCUT2D eigenvalue weighted by Crippen LogP contribution is -2.47. The first-order chi connectivity index (χ1) is 11.4. The van der Waals surface area contributed by atoms with Crippen LogP contribution in [0, 0.1) is 16.0 Å². The summed E-state index contributed by atoms with van der Waals surface area (Å²) in [6.07, 6.45) is 1.41. The number of hydrogen-bond acceptors (Lipinski definition) is 4. The Bertz CT molecular complexity index is 622. The second-order valence-electron chi connectivity index (χ2n) is 6.38. The molecular formula is C17H23N3O4. The van der Waals surface area contributed by atoms with E-state index in [1.807, 2.05) is 18.7 Å². The summed E-state index contributed by atoms with van der Waals surface area (Å²) in [7, 11) is 0. The van der Waals surface area contributed by atoms with Gasteiger partial charge in [-0.25, -0.2) is 0 Å². The molecule has 2 amide bonds. The Morgan fingerprint density at radius 2 is 1.92 bits per heavy atom. The summed E-state index contributed by atoms with van der Waals surface area (Å²) in [5.41, 5.74) is 0.373. The maximum atomic E-state index is 12.2. The fourth-order valence-corrected chi connectivity index (χ4v) is 2.90. The van der Waals surface area contributed by atoms with Gasteiger partial charge in [0.2, 0.25) is 11.8 Å². The second-order valence-corrected chi connectivity index (χ2v) is 6.38. The minimum absolute atomic E-state index is 0.0106. The Labute approximate surface area is 141 Å². The highest BCUT2D eigenvalue weighted by Gasteiger charge is 2.25. The van der Waals surface area contributed by atoms with Crippen molar-refractivity contribution >= 4 is 17.5 Å². The van der Waals surface area contributed by atoms with E-state index in [9.17, 15) is 19.7 Å². The van der Waals surface area contributed by atoms with Crippen LogP contribution in [0.3, 0.4) is 0 Å². The maximum absolute atomic E-state index is 12.2. The zero-order chi connectivity index (χ0) is 17.7.